The van der Waals surface area contributed by atoms with E-state index in [1.807, 2.05) is 89.1 Å². The van der Waals surface area contributed by atoms with E-state index < -0.39 is 23.9 Å². The molecule has 0 atom stereocenters. The Hall–Kier alpha value is -10.9. The average Bonchev–Trinajstić information content (AvgIpc) is 1.53. The van der Waals surface area contributed by atoms with Gasteiger partial charge in [-0.15, -0.1) is 11.3 Å². The number of aromatic nitrogens is 4. The quantitative estimate of drug-likeness (QED) is 0.0326. The first-order valence-electron chi connectivity index (χ1n) is 29.2. The van der Waals surface area contributed by atoms with Gasteiger partial charge in [-0.25, -0.2) is 39.3 Å². The molecule has 90 heavy (non-hydrogen) atoms. The van der Waals surface area contributed by atoms with E-state index in [0.29, 0.717) is 95.8 Å². The number of benzene rings is 5. The van der Waals surface area contributed by atoms with Crippen LogP contribution in [0.3, 0.4) is 0 Å². The molecule has 23 nitrogen and oxygen atoms in total. The van der Waals surface area contributed by atoms with Crippen molar-refractivity contribution in [3.8, 4) is 11.5 Å². The Labute approximate surface area is 526 Å². The molecule has 2 aliphatic heterocycles. The number of ether oxygens (including phenoxy) is 2. The van der Waals surface area contributed by atoms with Gasteiger partial charge in [0.1, 0.15) is 46.9 Å². The summed E-state index contributed by atoms with van der Waals surface area (Å²) < 4.78 is 11.8. The average molecular weight is 1230 g/mol. The van der Waals surface area contributed by atoms with Crippen molar-refractivity contribution in [2.45, 2.75) is 25.9 Å². The molecule has 2 fully saturated rings. The van der Waals surface area contributed by atoms with E-state index in [1.54, 1.807) is 74.9 Å². The second-order valence-corrected chi connectivity index (χ2v) is 22.0. The Balaban J connectivity index is 0.849. The van der Waals surface area contributed by atoms with Gasteiger partial charge in [0.2, 0.25) is 17.7 Å². The molecular weight excluding hydrogens is 1160 g/mol. The Morgan fingerprint density at radius 2 is 1.16 bits per heavy atom. The van der Waals surface area contributed by atoms with Crippen molar-refractivity contribution in [2.24, 2.45) is 0 Å². The first kappa shape index (κ1) is 62.2. The van der Waals surface area contributed by atoms with Crippen molar-refractivity contribution in [3.05, 3.63) is 193 Å². The van der Waals surface area contributed by atoms with E-state index in [4.69, 9.17) is 19.4 Å². The minimum Gasteiger partial charge on any atom is -0.494 e. The number of amides is 7. The Kier molecular flexibility index (Phi) is 20.5. The summed E-state index contributed by atoms with van der Waals surface area (Å²) in [6.45, 7) is 13.2. The third-order valence-corrected chi connectivity index (χ3v) is 15.9. The predicted molar refractivity (Wildman–Crippen MR) is 353 cm³/mol. The zero-order chi connectivity index (χ0) is 62.9. The summed E-state index contributed by atoms with van der Waals surface area (Å²) in [5.41, 5.74) is 5.75. The standard InChI is InChI=1S/C66H70N16O7S/c1-6-62(83)71-46-16-11-18-50(36-46)81(66(87)68-43-52-20-13-35-90-52)60-40-58(69-44-70-60)73-53-23-21-49(39-55(53)88-4)79-31-33-80(34-32-79)64(85)26-25-57-75-59(74-54-24-22-48(38-56(54)89-5)78-29-27-77(3)28-30-78)41-61(76-57)82(65(86)67-42-45-14-9-8-10-15-45)51-19-12-17-47(37-51)72-63(84)7-2/h6-24,35-41,44H,1-2,25-34,42-43H2,3-5H3,(H,67,86)(H,68,87)(H,71,83)(H,72,84)(H,69,70,73)(H,74,75,76). The molecule has 2 aliphatic rings. The van der Waals surface area contributed by atoms with Crippen LogP contribution in [0.15, 0.2) is 177 Å². The molecule has 7 amide bonds. The fourth-order valence-electron chi connectivity index (χ4n) is 10.2. The van der Waals surface area contributed by atoms with Gasteiger partial charge in [-0.05, 0) is 96.9 Å². The molecule has 3 aromatic heterocycles. The van der Waals surface area contributed by atoms with Crippen LogP contribution in [0.25, 0.3) is 0 Å². The first-order chi connectivity index (χ1) is 43.8. The second-order valence-electron chi connectivity index (χ2n) is 21.0. The number of urea groups is 2. The summed E-state index contributed by atoms with van der Waals surface area (Å²) in [5.74, 6) is 1.71. The number of anilines is 12. The number of hydrogen-bond donors (Lipinski definition) is 6. The topological polar surface area (TPSA) is 247 Å². The van der Waals surface area contributed by atoms with Crippen LogP contribution in [-0.4, -0.2) is 133 Å². The van der Waals surface area contributed by atoms with Crippen LogP contribution in [0, 0.1) is 0 Å². The maximum absolute atomic E-state index is 14.6. The Morgan fingerprint density at radius 3 is 1.73 bits per heavy atom. The van der Waals surface area contributed by atoms with Gasteiger partial charge < -0.3 is 61.0 Å². The van der Waals surface area contributed by atoms with Crippen molar-refractivity contribution < 1.29 is 33.4 Å². The van der Waals surface area contributed by atoms with Crippen LogP contribution < -0.4 is 61.0 Å². The highest BCUT2D eigenvalue weighted by atomic mass is 32.1. The minimum atomic E-state index is -0.499. The largest absolute Gasteiger partial charge is 0.494 e. The lowest BCUT2D eigenvalue weighted by Gasteiger charge is -2.36. The highest BCUT2D eigenvalue weighted by Gasteiger charge is 2.27. The number of nitrogens with zero attached hydrogens (tertiary/aromatic N) is 10. The van der Waals surface area contributed by atoms with Gasteiger partial charge in [-0.3, -0.25) is 14.4 Å². The summed E-state index contributed by atoms with van der Waals surface area (Å²) in [4.78, 5) is 98.8. The molecule has 0 aliphatic carbocycles. The maximum Gasteiger partial charge on any atom is 0.328 e. The Bertz CT molecular complexity index is 3860. The molecule has 0 bridgehead atoms. The van der Waals surface area contributed by atoms with E-state index >= 15 is 0 Å². The molecule has 24 heteroatoms. The minimum absolute atomic E-state index is 0.0755. The molecule has 462 valence electrons. The van der Waals surface area contributed by atoms with Gasteiger partial charge in [0.15, 0.2) is 0 Å². The second kappa shape index (κ2) is 29.7. The van der Waals surface area contributed by atoms with Gasteiger partial charge >= 0.3 is 12.1 Å². The highest BCUT2D eigenvalue weighted by Crippen LogP contribution is 2.37. The van der Waals surface area contributed by atoms with Gasteiger partial charge in [0.25, 0.3) is 0 Å². The van der Waals surface area contributed by atoms with E-state index in [1.165, 1.54) is 39.6 Å². The third-order valence-electron chi connectivity index (χ3n) is 15.0. The number of rotatable bonds is 23. The van der Waals surface area contributed by atoms with Crippen LogP contribution in [0.1, 0.15) is 22.7 Å². The van der Waals surface area contributed by atoms with E-state index in [2.05, 4.69) is 76.8 Å². The molecule has 0 unspecified atom stereocenters. The molecule has 10 rings (SSSR count). The first-order valence-corrected chi connectivity index (χ1v) is 30.1. The summed E-state index contributed by atoms with van der Waals surface area (Å²) in [5, 5.41) is 20.3. The summed E-state index contributed by atoms with van der Waals surface area (Å²) in [6, 6.07) is 41.2. The molecule has 5 aromatic carbocycles. The number of piperazine rings is 2. The number of methoxy groups -OCH3 is 2. The van der Waals surface area contributed by atoms with Crippen molar-refractivity contribution in [1.82, 2.24) is 40.4 Å². The van der Waals surface area contributed by atoms with Gasteiger partial charge in [-0.2, -0.15) is 0 Å². The van der Waals surface area contributed by atoms with E-state index in [0.717, 1.165) is 48.0 Å². The van der Waals surface area contributed by atoms with Crippen LogP contribution in [0.4, 0.5) is 78.4 Å². The molecule has 6 N–H and O–H groups in total. The lowest BCUT2D eigenvalue weighted by molar-refractivity contribution is -0.131. The monoisotopic (exact) mass is 1230 g/mol. The van der Waals surface area contributed by atoms with Crippen molar-refractivity contribution >= 4 is 110 Å². The van der Waals surface area contributed by atoms with Crippen molar-refractivity contribution in [3.63, 3.8) is 0 Å². The lowest BCUT2D eigenvalue weighted by Crippen LogP contribution is -2.48. The van der Waals surface area contributed by atoms with Gasteiger partial charge in [-0.1, -0.05) is 61.7 Å². The molecule has 5 heterocycles. The third kappa shape index (κ3) is 16.0. The van der Waals surface area contributed by atoms with Crippen molar-refractivity contribution in [1.29, 1.82) is 0 Å². The fraction of sp³-hybridized carbons (Fsp3) is 0.227. The van der Waals surface area contributed by atoms with Crippen molar-refractivity contribution in [2.75, 3.05) is 114 Å². The summed E-state index contributed by atoms with van der Waals surface area (Å²) in [6.07, 6.45) is 3.90. The molecular formula is C66H70N16O7S. The number of nitrogens with one attached hydrogen (secondary N) is 6. The summed E-state index contributed by atoms with van der Waals surface area (Å²) >= 11 is 1.52. The highest BCUT2D eigenvalue weighted by molar-refractivity contribution is 7.09. The lowest BCUT2D eigenvalue weighted by atomic mass is 10.2. The van der Waals surface area contributed by atoms with Crippen LogP contribution in [0.5, 0.6) is 11.5 Å². The number of carbonyl (C=O) groups excluding carboxylic acids is 5. The summed E-state index contributed by atoms with van der Waals surface area (Å²) in [7, 11) is 5.31. The number of likely N-dealkylation sites (N-methyl/N-ethyl adjacent to an activating group) is 1. The molecule has 8 aromatic rings. The molecule has 0 spiro atoms. The van der Waals surface area contributed by atoms with Gasteiger partial charge in [0, 0.05) is 124 Å². The SMILES string of the molecule is C=CC(=O)Nc1cccc(N(C(=O)NCc2cccs2)c2cc(Nc3ccc(N4CCN(C(=O)CCc5nc(Nc6ccc(N7CCN(C)CC7)cc6OC)cc(N(C(=O)NCc6ccccc6)c6cccc(NC(=O)C=C)c6)n5)CC4)cc3OC)ncn2)c1. The maximum atomic E-state index is 14.6. The molecule has 0 radical (unpaired) electrons. The van der Waals surface area contributed by atoms with Crippen LogP contribution in [0.2, 0.25) is 0 Å². The van der Waals surface area contributed by atoms with E-state index in [-0.39, 0.29) is 36.9 Å². The zero-order valence-corrected chi connectivity index (χ0v) is 51.0. The fourth-order valence-corrected chi connectivity index (χ4v) is 10.9. The predicted octanol–water partition coefficient (Wildman–Crippen LogP) is 10.2. The van der Waals surface area contributed by atoms with E-state index in [9.17, 15) is 24.0 Å². The number of carbonyl (C=O) groups is 5. The molecule has 2 saturated heterocycles. The smallest absolute Gasteiger partial charge is 0.328 e. The van der Waals surface area contributed by atoms with Gasteiger partial charge in [0.05, 0.1) is 43.5 Å². The number of thiophene rings is 1. The number of hydrogen-bond acceptors (Lipinski definition) is 17. The Morgan fingerprint density at radius 1 is 0.589 bits per heavy atom. The van der Waals surface area contributed by atoms with Crippen LogP contribution >= 0.6 is 11.3 Å². The normalized spacial score (nSPS) is 13.1. The zero-order valence-electron chi connectivity index (χ0n) is 50.2. The number of aryl methyl sites for hydroxylation is 1. The molecule has 0 saturated carbocycles. The van der Waals surface area contributed by atoms with Crippen LogP contribution in [-0.2, 0) is 33.9 Å².